The molecule has 19 heavy (non-hydrogen) atoms. The molecule has 0 unspecified atom stereocenters. The molecule has 1 heterocycles. The van der Waals surface area contributed by atoms with Gasteiger partial charge in [-0.3, -0.25) is 0 Å². The number of fused-ring (bicyclic) bond motifs is 1. The number of aryl methyl sites for hydroxylation is 1. The highest BCUT2D eigenvalue weighted by Gasteiger charge is 2.11. The van der Waals surface area contributed by atoms with E-state index in [0.29, 0.717) is 10.7 Å². The van der Waals surface area contributed by atoms with Crippen LogP contribution in [0.3, 0.4) is 0 Å². The molecular formula is C14H11BrClN3. The summed E-state index contributed by atoms with van der Waals surface area (Å²) in [6.07, 6.45) is 0. The quantitative estimate of drug-likeness (QED) is 0.641. The van der Waals surface area contributed by atoms with E-state index >= 15 is 0 Å². The molecule has 3 N–H and O–H groups in total. The molecule has 0 bridgehead atoms. The van der Waals surface area contributed by atoms with Crippen LogP contribution >= 0.6 is 27.5 Å². The second-order valence-corrected chi connectivity index (χ2v) is 5.73. The zero-order valence-corrected chi connectivity index (χ0v) is 12.5. The van der Waals surface area contributed by atoms with E-state index in [-0.39, 0.29) is 0 Å². The number of rotatable bonds is 1. The van der Waals surface area contributed by atoms with Gasteiger partial charge in [0.1, 0.15) is 11.3 Å². The van der Waals surface area contributed by atoms with E-state index in [0.717, 1.165) is 32.5 Å². The van der Waals surface area contributed by atoms with Crippen LogP contribution in [0.5, 0.6) is 0 Å². The minimum Gasteiger partial charge on any atom is -0.399 e. The first-order chi connectivity index (χ1) is 9.04. The number of nitrogens with zero attached hydrogens (tertiary/aromatic N) is 1. The summed E-state index contributed by atoms with van der Waals surface area (Å²) in [5, 5.41) is 0.626. The Hall–Kier alpha value is -1.52. The number of anilines is 1. The van der Waals surface area contributed by atoms with Gasteiger partial charge in [0.15, 0.2) is 0 Å². The van der Waals surface area contributed by atoms with Gasteiger partial charge in [-0.15, -0.1) is 0 Å². The van der Waals surface area contributed by atoms with Crippen LogP contribution < -0.4 is 5.73 Å². The summed E-state index contributed by atoms with van der Waals surface area (Å²) in [4.78, 5) is 7.86. The van der Waals surface area contributed by atoms with Crippen molar-refractivity contribution >= 4 is 44.3 Å². The van der Waals surface area contributed by atoms with Crippen LogP contribution in [0.1, 0.15) is 5.56 Å². The number of nitrogen functional groups attached to an aromatic ring is 1. The Balaban J connectivity index is 2.26. The van der Waals surface area contributed by atoms with Crippen LogP contribution in [0, 0.1) is 6.92 Å². The Labute approximate surface area is 123 Å². The third-order valence-corrected chi connectivity index (χ3v) is 3.86. The van der Waals surface area contributed by atoms with Crippen LogP contribution in [-0.2, 0) is 0 Å². The first-order valence-corrected chi connectivity index (χ1v) is 6.93. The SMILES string of the molecule is Cc1cc(Br)c2nc(-c3cc(N)ccc3Cl)[nH]c2c1. The van der Waals surface area contributed by atoms with Gasteiger partial charge in [-0.2, -0.15) is 0 Å². The van der Waals surface area contributed by atoms with Gasteiger partial charge >= 0.3 is 0 Å². The molecule has 0 radical (unpaired) electrons. The van der Waals surface area contributed by atoms with Crippen molar-refractivity contribution in [2.24, 2.45) is 0 Å². The molecule has 0 saturated carbocycles. The fourth-order valence-corrected chi connectivity index (χ4v) is 2.93. The van der Waals surface area contributed by atoms with E-state index < -0.39 is 0 Å². The number of nitrogens with two attached hydrogens (primary N) is 1. The molecule has 3 nitrogen and oxygen atoms in total. The molecule has 0 fully saturated rings. The minimum absolute atomic E-state index is 0.626. The molecular weight excluding hydrogens is 326 g/mol. The summed E-state index contributed by atoms with van der Waals surface area (Å²) in [5.41, 5.74) is 10.3. The van der Waals surface area contributed by atoms with Gasteiger partial charge in [0.2, 0.25) is 0 Å². The summed E-state index contributed by atoms with van der Waals surface area (Å²) in [5.74, 6) is 0.721. The fraction of sp³-hybridized carbons (Fsp3) is 0.0714. The van der Waals surface area contributed by atoms with Gasteiger partial charge in [0.05, 0.1) is 10.5 Å². The first-order valence-electron chi connectivity index (χ1n) is 5.76. The number of nitrogens with one attached hydrogen (secondary N) is 1. The lowest BCUT2D eigenvalue weighted by atomic mass is 10.2. The maximum Gasteiger partial charge on any atom is 0.140 e. The van der Waals surface area contributed by atoms with Crippen LogP contribution in [0.15, 0.2) is 34.8 Å². The van der Waals surface area contributed by atoms with E-state index in [9.17, 15) is 0 Å². The van der Waals surface area contributed by atoms with Gasteiger partial charge in [-0.1, -0.05) is 11.6 Å². The molecule has 0 spiro atoms. The Bertz CT molecular complexity index is 780. The zero-order valence-electron chi connectivity index (χ0n) is 10.2. The summed E-state index contributed by atoms with van der Waals surface area (Å²) in [7, 11) is 0. The van der Waals surface area contributed by atoms with Crippen molar-refractivity contribution in [1.82, 2.24) is 9.97 Å². The topological polar surface area (TPSA) is 54.7 Å². The average molecular weight is 337 g/mol. The molecule has 5 heteroatoms. The van der Waals surface area contributed by atoms with Crippen molar-refractivity contribution in [2.75, 3.05) is 5.73 Å². The van der Waals surface area contributed by atoms with Crippen molar-refractivity contribution in [3.63, 3.8) is 0 Å². The van der Waals surface area contributed by atoms with Crippen LogP contribution in [-0.4, -0.2) is 9.97 Å². The Morgan fingerprint density at radius 2 is 2.05 bits per heavy atom. The third-order valence-electron chi connectivity index (χ3n) is 2.93. The second-order valence-electron chi connectivity index (χ2n) is 4.47. The van der Waals surface area contributed by atoms with Gasteiger partial charge in [-0.25, -0.2) is 4.98 Å². The highest BCUT2D eigenvalue weighted by molar-refractivity contribution is 9.10. The second kappa shape index (κ2) is 4.54. The third kappa shape index (κ3) is 2.22. The normalized spacial score (nSPS) is 11.1. The lowest BCUT2D eigenvalue weighted by Gasteiger charge is -2.01. The monoisotopic (exact) mass is 335 g/mol. The van der Waals surface area contributed by atoms with E-state index in [1.54, 1.807) is 12.1 Å². The molecule has 0 amide bonds. The highest BCUT2D eigenvalue weighted by atomic mass is 79.9. The zero-order chi connectivity index (χ0) is 13.6. The lowest BCUT2D eigenvalue weighted by molar-refractivity contribution is 1.33. The maximum atomic E-state index is 6.20. The summed E-state index contributed by atoms with van der Waals surface area (Å²) in [6, 6.07) is 9.46. The Kier molecular flexibility index (Phi) is 2.99. The Morgan fingerprint density at radius 3 is 2.84 bits per heavy atom. The smallest absolute Gasteiger partial charge is 0.140 e. The Morgan fingerprint density at radius 1 is 1.26 bits per heavy atom. The molecule has 0 atom stereocenters. The maximum absolute atomic E-state index is 6.20. The number of benzene rings is 2. The lowest BCUT2D eigenvalue weighted by Crippen LogP contribution is -1.87. The largest absolute Gasteiger partial charge is 0.399 e. The first kappa shape index (κ1) is 12.5. The van der Waals surface area contributed by atoms with E-state index in [4.69, 9.17) is 17.3 Å². The summed E-state index contributed by atoms with van der Waals surface area (Å²) in [6.45, 7) is 2.04. The molecule has 2 aromatic carbocycles. The van der Waals surface area contributed by atoms with Gasteiger partial charge in [0.25, 0.3) is 0 Å². The molecule has 3 aromatic rings. The molecule has 1 aromatic heterocycles. The molecule has 0 aliphatic rings. The molecule has 3 rings (SSSR count). The van der Waals surface area contributed by atoms with Crippen molar-refractivity contribution in [2.45, 2.75) is 6.92 Å². The number of hydrogen-bond donors (Lipinski definition) is 2. The average Bonchev–Trinajstić information content (AvgIpc) is 2.76. The van der Waals surface area contributed by atoms with Crippen molar-refractivity contribution in [3.8, 4) is 11.4 Å². The van der Waals surface area contributed by atoms with Gasteiger partial charge in [0, 0.05) is 15.7 Å². The molecule has 0 saturated heterocycles. The predicted octanol–water partition coefficient (Wildman–Crippen LogP) is 4.54. The van der Waals surface area contributed by atoms with E-state index in [1.165, 1.54) is 0 Å². The number of aromatic amines is 1. The highest BCUT2D eigenvalue weighted by Crippen LogP contribution is 2.31. The van der Waals surface area contributed by atoms with Crippen molar-refractivity contribution in [3.05, 3.63) is 45.4 Å². The van der Waals surface area contributed by atoms with Crippen molar-refractivity contribution < 1.29 is 0 Å². The molecule has 0 aliphatic heterocycles. The number of imidazole rings is 1. The van der Waals surface area contributed by atoms with Gasteiger partial charge < -0.3 is 10.7 Å². The summed E-state index contributed by atoms with van der Waals surface area (Å²) < 4.78 is 0.963. The molecule has 96 valence electrons. The minimum atomic E-state index is 0.626. The number of halogens is 2. The standard InChI is InChI=1S/C14H11BrClN3/c1-7-4-10(15)13-12(5-7)18-14(19-13)9-6-8(17)2-3-11(9)16/h2-6H,17H2,1H3,(H,18,19). The molecule has 0 aliphatic carbocycles. The van der Waals surface area contributed by atoms with Gasteiger partial charge in [-0.05, 0) is 58.7 Å². The number of hydrogen-bond acceptors (Lipinski definition) is 2. The predicted molar refractivity (Wildman–Crippen MR) is 83.4 cm³/mol. The van der Waals surface area contributed by atoms with E-state index in [1.807, 2.05) is 19.1 Å². The number of aromatic nitrogens is 2. The van der Waals surface area contributed by atoms with Crippen LogP contribution in [0.2, 0.25) is 5.02 Å². The van der Waals surface area contributed by atoms with Crippen molar-refractivity contribution in [1.29, 1.82) is 0 Å². The summed E-state index contributed by atoms with van der Waals surface area (Å²) >= 11 is 9.73. The van der Waals surface area contributed by atoms with Crippen LogP contribution in [0.25, 0.3) is 22.4 Å². The fourth-order valence-electron chi connectivity index (χ4n) is 2.06. The van der Waals surface area contributed by atoms with Crippen LogP contribution in [0.4, 0.5) is 5.69 Å². The number of H-pyrrole nitrogens is 1. The van der Waals surface area contributed by atoms with E-state index in [2.05, 4.69) is 32.0 Å².